The van der Waals surface area contributed by atoms with Crippen molar-refractivity contribution < 1.29 is 4.79 Å². The second-order valence-electron chi connectivity index (χ2n) is 5.53. The lowest BCUT2D eigenvalue weighted by atomic mass is 10.2. The lowest BCUT2D eigenvalue weighted by Gasteiger charge is -2.13. The molecule has 6 nitrogen and oxygen atoms in total. The quantitative estimate of drug-likeness (QED) is 0.717. The van der Waals surface area contributed by atoms with Gasteiger partial charge in [0.1, 0.15) is 5.82 Å². The van der Waals surface area contributed by atoms with Gasteiger partial charge in [-0.25, -0.2) is 9.36 Å². The van der Waals surface area contributed by atoms with E-state index in [1.807, 2.05) is 28.9 Å². The van der Waals surface area contributed by atoms with Crippen LogP contribution in [0.15, 0.2) is 53.4 Å². The first kappa shape index (κ1) is 16.4. The first-order chi connectivity index (χ1) is 11.6. The van der Waals surface area contributed by atoms with Crippen molar-refractivity contribution in [2.45, 2.75) is 26.3 Å². The van der Waals surface area contributed by atoms with Gasteiger partial charge in [0, 0.05) is 16.7 Å². The summed E-state index contributed by atoms with van der Waals surface area (Å²) in [6, 6.07) is 9.74. The van der Waals surface area contributed by atoms with E-state index in [1.165, 1.54) is 0 Å². The highest BCUT2D eigenvalue weighted by atomic mass is 79.9. The van der Waals surface area contributed by atoms with Crippen molar-refractivity contribution in [2.24, 2.45) is 0 Å². The Balaban J connectivity index is 1.78. The lowest BCUT2D eigenvalue weighted by molar-refractivity contribution is 0.102. The molecule has 1 amide bonds. The number of anilines is 1. The molecule has 0 radical (unpaired) electrons. The standard InChI is InChI=1S/C17H18BrN5O/c1-3-12(2)23-16(7-8-19-23)21-17(24)13-10-20-22(11-13)15-6-4-5-14(18)9-15/h4-12H,3H2,1-2H3,(H,21,24). The van der Waals surface area contributed by atoms with Crippen molar-refractivity contribution in [3.63, 3.8) is 0 Å². The molecule has 0 saturated carbocycles. The van der Waals surface area contributed by atoms with Crippen LogP contribution in [-0.4, -0.2) is 25.5 Å². The largest absolute Gasteiger partial charge is 0.307 e. The van der Waals surface area contributed by atoms with E-state index in [9.17, 15) is 4.79 Å². The van der Waals surface area contributed by atoms with Crippen LogP contribution in [0.25, 0.3) is 5.69 Å². The summed E-state index contributed by atoms with van der Waals surface area (Å²) in [6.07, 6.45) is 5.89. The van der Waals surface area contributed by atoms with Crippen LogP contribution in [0.4, 0.5) is 5.82 Å². The van der Waals surface area contributed by atoms with Crippen LogP contribution >= 0.6 is 15.9 Å². The Kier molecular flexibility index (Phi) is 4.80. The molecule has 2 heterocycles. The van der Waals surface area contributed by atoms with E-state index in [2.05, 4.69) is 45.3 Å². The first-order valence-electron chi connectivity index (χ1n) is 7.74. The summed E-state index contributed by atoms with van der Waals surface area (Å²) in [4.78, 5) is 12.5. The number of benzene rings is 1. The van der Waals surface area contributed by atoms with Crippen molar-refractivity contribution in [2.75, 3.05) is 5.32 Å². The molecule has 3 rings (SSSR count). The number of nitrogens with zero attached hydrogens (tertiary/aromatic N) is 4. The Hall–Kier alpha value is -2.41. The molecule has 1 N–H and O–H groups in total. The Labute approximate surface area is 148 Å². The highest BCUT2D eigenvalue weighted by molar-refractivity contribution is 9.10. The zero-order valence-electron chi connectivity index (χ0n) is 13.5. The average Bonchev–Trinajstić information content (AvgIpc) is 3.23. The van der Waals surface area contributed by atoms with Crippen LogP contribution in [-0.2, 0) is 0 Å². The van der Waals surface area contributed by atoms with Crippen molar-refractivity contribution in [1.82, 2.24) is 19.6 Å². The van der Waals surface area contributed by atoms with Gasteiger partial charge in [0.05, 0.1) is 29.7 Å². The van der Waals surface area contributed by atoms with E-state index >= 15 is 0 Å². The predicted molar refractivity (Wildman–Crippen MR) is 96.4 cm³/mol. The van der Waals surface area contributed by atoms with Gasteiger partial charge in [-0.2, -0.15) is 10.2 Å². The Morgan fingerprint density at radius 3 is 2.92 bits per heavy atom. The van der Waals surface area contributed by atoms with Gasteiger partial charge in [-0.15, -0.1) is 0 Å². The second-order valence-corrected chi connectivity index (χ2v) is 6.44. The molecule has 2 aromatic heterocycles. The minimum Gasteiger partial charge on any atom is -0.307 e. The van der Waals surface area contributed by atoms with Gasteiger partial charge in [0.15, 0.2) is 0 Å². The summed E-state index contributed by atoms with van der Waals surface area (Å²) in [6.45, 7) is 4.15. The van der Waals surface area contributed by atoms with Gasteiger partial charge in [-0.3, -0.25) is 4.79 Å². The van der Waals surface area contributed by atoms with Gasteiger partial charge in [-0.1, -0.05) is 28.9 Å². The molecule has 1 aromatic carbocycles. The Bertz CT molecular complexity index is 854. The molecule has 0 aliphatic heterocycles. The van der Waals surface area contributed by atoms with Crippen LogP contribution in [0.3, 0.4) is 0 Å². The van der Waals surface area contributed by atoms with E-state index < -0.39 is 0 Å². The topological polar surface area (TPSA) is 64.7 Å². The number of hydrogen-bond acceptors (Lipinski definition) is 3. The fraction of sp³-hybridized carbons (Fsp3) is 0.235. The molecule has 0 saturated heterocycles. The summed E-state index contributed by atoms with van der Waals surface area (Å²) in [7, 11) is 0. The maximum Gasteiger partial charge on any atom is 0.260 e. The normalized spacial score (nSPS) is 12.1. The van der Waals surface area contributed by atoms with Gasteiger partial charge in [0.2, 0.25) is 0 Å². The second kappa shape index (κ2) is 7.00. The number of nitrogens with one attached hydrogen (secondary N) is 1. The number of rotatable bonds is 5. The van der Waals surface area contributed by atoms with Gasteiger partial charge < -0.3 is 5.32 Å². The predicted octanol–water partition coefficient (Wildman–Crippen LogP) is 4.05. The third kappa shape index (κ3) is 3.41. The fourth-order valence-corrected chi connectivity index (χ4v) is 2.71. The average molecular weight is 388 g/mol. The molecule has 0 spiro atoms. The minimum absolute atomic E-state index is 0.207. The van der Waals surface area contributed by atoms with Crippen LogP contribution in [0.2, 0.25) is 0 Å². The zero-order valence-corrected chi connectivity index (χ0v) is 15.1. The molecule has 124 valence electrons. The molecule has 7 heteroatoms. The number of carbonyl (C=O) groups is 1. The molecule has 0 fully saturated rings. The molecule has 1 atom stereocenters. The van der Waals surface area contributed by atoms with Crippen LogP contribution in [0, 0.1) is 0 Å². The fourth-order valence-electron chi connectivity index (χ4n) is 2.33. The Morgan fingerprint density at radius 1 is 1.33 bits per heavy atom. The van der Waals surface area contributed by atoms with E-state index in [0.29, 0.717) is 11.4 Å². The first-order valence-corrected chi connectivity index (χ1v) is 8.53. The number of halogens is 1. The number of amides is 1. The van der Waals surface area contributed by atoms with Gasteiger partial charge in [0.25, 0.3) is 5.91 Å². The van der Waals surface area contributed by atoms with E-state index in [1.54, 1.807) is 29.3 Å². The summed E-state index contributed by atoms with van der Waals surface area (Å²) in [5.74, 6) is 0.478. The molecule has 1 unspecified atom stereocenters. The smallest absolute Gasteiger partial charge is 0.260 e. The molecular weight excluding hydrogens is 370 g/mol. The summed E-state index contributed by atoms with van der Waals surface area (Å²) in [5.41, 5.74) is 1.37. The third-order valence-electron chi connectivity index (χ3n) is 3.84. The van der Waals surface area contributed by atoms with Crippen LogP contribution < -0.4 is 5.32 Å². The maximum absolute atomic E-state index is 12.5. The summed E-state index contributed by atoms with van der Waals surface area (Å²) >= 11 is 3.43. The highest BCUT2D eigenvalue weighted by Gasteiger charge is 2.14. The lowest BCUT2D eigenvalue weighted by Crippen LogP contribution is -2.17. The van der Waals surface area contributed by atoms with Gasteiger partial charge in [-0.05, 0) is 31.5 Å². The summed E-state index contributed by atoms with van der Waals surface area (Å²) < 4.78 is 4.45. The zero-order chi connectivity index (χ0) is 17.1. The number of aromatic nitrogens is 4. The Morgan fingerprint density at radius 2 is 2.17 bits per heavy atom. The van der Waals surface area contributed by atoms with Crippen molar-refractivity contribution in [3.8, 4) is 5.69 Å². The summed E-state index contributed by atoms with van der Waals surface area (Å²) in [5, 5.41) is 11.4. The third-order valence-corrected chi connectivity index (χ3v) is 4.33. The number of carbonyl (C=O) groups excluding carboxylic acids is 1. The van der Waals surface area contributed by atoms with Crippen molar-refractivity contribution in [3.05, 3.63) is 59.0 Å². The van der Waals surface area contributed by atoms with Gasteiger partial charge >= 0.3 is 0 Å². The SMILES string of the molecule is CCC(C)n1nccc1NC(=O)c1cnn(-c2cccc(Br)c2)c1. The van der Waals surface area contributed by atoms with E-state index in [4.69, 9.17) is 0 Å². The maximum atomic E-state index is 12.5. The molecule has 3 aromatic rings. The van der Waals surface area contributed by atoms with Crippen LogP contribution in [0.1, 0.15) is 36.7 Å². The minimum atomic E-state index is -0.207. The molecule has 0 aliphatic rings. The van der Waals surface area contributed by atoms with E-state index in [0.717, 1.165) is 16.6 Å². The molecule has 0 aliphatic carbocycles. The molecule has 24 heavy (non-hydrogen) atoms. The van der Waals surface area contributed by atoms with E-state index in [-0.39, 0.29) is 11.9 Å². The van der Waals surface area contributed by atoms with Crippen LogP contribution in [0.5, 0.6) is 0 Å². The van der Waals surface area contributed by atoms with Crippen molar-refractivity contribution in [1.29, 1.82) is 0 Å². The molecule has 0 bridgehead atoms. The highest BCUT2D eigenvalue weighted by Crippen LogP contribution is 2.18. The van der Waals surface area contributed by atoms with Crippen molar-refractivity contribution >= 4 is 27.7 Å². The molecular formula is C17H18BrN5O. The monoisotopic (exact) mass is 387 g/mol. The number of hydrogen-bond donors (Lipinski definition) is 1.